The smallest absolute Gasteiger partial charge is 0.333 e. The monoisotopic (exact) mass is 447 g/mol. The first-order valence-corrected chi connectivity index (χ1v) is 10.2. The van der Waals surface area contributed by atoms with Gasteiger partial charge in [-0.3, -0.25) is 15.0 Å². The molecule has 4 amide bonds. The molecule has 1 aliphatic rings. The van der Waals surface area contributed by atoms with Gasteiger partial charge in [-0.05, 0) is 50.9 Å². The van der Waals surface area contributed by atoms with E-state index in [-0.39, 0.29) is 40.8 Å². The Labute approximate surface area is 184 Å². The summed E-state index contributed by atoms with van der Waals surface area (Å²) in [5, 5.41) is 5.99. The molecule has 3 rings (SSSR count). The number of amides is 4. The third-order valence-corrected chi connectivity index (χ3v) is 5.46. The van der Waals surface area contributed by atoms with Crippen molar-refractivity contribution in [3.8, 4) is 5.88 Å². The number of aromatic nitrogens is 1. The maximum absolute atomic E-state index is 14.7. The SMILES string of the molecule is COc1cc(C(=O)NNC(=O)N[C@H](C)c2ccc(C(=O)N3[C@H](C)CC[C@@H]3C)cc2F)on1. The summed E-state index contributed by atoms with van der Waals surface area (Å²) in [6.45, 7) is 5.54. The number of likely N-dealkylation sites (tertiary alicyclic amines) is 1. The highest BCUT2D eigenvalue weighted by Crippen LogP contribution is 2.27. The molecule has 0 spiro atoms. The molecule has 2 heterocycles. The fraction of sp³-hybridized carbons (Fsp3) is 0.429. The van der Waals surface area contributed by atoms with Crippen LogP contribution in [0.15, 0.2) is 28.8 Å². The molecular formula is C21H26FN5O5. The third kappa shape index (κ3) is 4.98. The van der Waals surface area contributed by atoms with Crippen molar-refractivity contribution in [2.45, 2.75) is 51.7 Å². The van der Waals surface area contributed by atoms with Crippen molar-refractivity contribution in [1.29, 1.82) is 0 Å². The van der Waals surface area contributed by atoms with E-state index >= 15 is 0 Å². The minimum atomic E-state index is -0.767. The number of urea groups is 1. The highest BCUT2D eigenvalue weighted by atomic mass is 19.1. The maximum Gasteiger partial charge on any atom is 0.333 e. The van der Waals surface area contributed by atoms with Crippen LogP contribution in [0.1, 0.15) is 66.1 Å². The normalized spacial score (nSPS) is 18.7. The lowest BCUT2D eigenvalue weighted by Gasteiger charge is -2.26. The second kappa shape index (κ2) is 9.67. The van der Waals surface area contributed by atoms with E-state index in [2.05, 4.69) is 21.3 Å². The van der Waals surface area contributed by atoms with Crippen LogP contribution in [0, 0.1) is 5.82 Å². The Morgan fingerprint density at radius 2 is 1.88 bits per heavy atom. The number of carbonyl (C=O) groups excluding carboxylic acids is 3. The van der Waals surface area contributed by atoms with Gasteiger partial charge in [-0.2, -0.15) is 0 Å². The quantitative estimate of drug-likeness (QED) is 0.605. The van der Waals surface area contributed by atoms with Gasteiger partial charge in [0.2, 0.25) is 5.76 Å². The summed E-state index contributed by atoms with van der Waals surface area (Å²) < 4.78 is 24.3. The van der Waals surface area contributed by atoms with E-state index in [1.165, 1.54) is 25.3 Å². The van der Waals surface area contributed by atoms with Gasteiger partial charge in [-0.25, -0.2) is 14.6 Å². The van der Waals surface area contributed by atoms with Crippen molar-refractivity contribution in [2.24, 2.45) is 0 Å². The Balaban J connectivity index is 1.57. The van der Waals surface area contributed by atoms with Gasteiger partial charge in [0, 0.05) is 23.2 Å². The fourth-order valence-corrected chi connectivity index (χ4v) is 3.70. The van der Waals surface area contributed by atoms with Gasteiger partial charge in [-0.1, -0.05) is 6.07 Å². The van der Waals surface area contributed by atoms with E-state index in [0.717, 1.165) is 12.8 Å². The Morgan fingerprint density at radius 1 is 1.19 bits per heavy atom. The lowest BCUT2D eigenvalue weighted by Crippen LogP contribution is -2.47. The standard InChI is InChI=1S/C21H26FN5O5/c1-11-5-6-12(2)27(11)20(29)14-7-8-15(16(22)9-14)13(3)23-21(30)25-24-19(28)17-10-18(31-4)26-32-17/h7-13H,5-6H2,1-4H3,(H,24,28)(H2,23,25,30)/t11-,12+,13-/m1/s1. The van der Waals surface area contributed by atoms with Crippen molar-refractivity contribution >= 4 is 17.8 Å². The zero-order chi connectivity index (χ0) is 23.4. The van der Waals surface area contributed by atoms with Crippen LogP contribution >= 0.6 is 0 Å². The molecule has 11 heteroatoms. The van der Waals surface area contributed by atoms with Gasteiger partial charge >= 0.3 is 11.9 Å². The summed E-state index contributed by atoms with van der Waals surface area (Å²) in [5.41, 5.74) is 4.74. The van der Waals surface area contributed by atoms with E-state index in [1.54, 1.807) is 17.9 Å². The second-order valence-corrected chi connectivity index (χ2v) is 7.73. The molecule has 1 fully saturated rings. The molecule has 0 bridgehead atoms. The van der Waals surface area contributed by atoms with E-state index in [0.29, 0.717) is 0 Å². The molecule has 1 aliphatic heterocycles. The Morgan fingerprint density at radius 3 is 2.47 bits per heavy atom. The van der Waals surface area contributed by atoms with Crippen LogP contribution in [-0.2, 0) is 0 Å². The molecule has 32 heavy (non-hydrogen) atoms. The predicted octanol–water partition coefficient (Wildman–Crippen LogP) is 2.54. The Bertz CT molecular complexity index is 1000. The summed E-state index contributed by atoms with van der Waals surface area (Å²) in [7, 11) is 1.36. The van der Waals surface area contributed by atoms with Gasteiger partial charge in [0.25, 0.3) is 11.8 Å². The highest BCUT2D eigenvalue weighted by Gasteiger charge is 2.32. The topological polar surface area (TPSA) is 126 Å². The van der Waals surface area contributed by atoms with Gasteiger partial charge in [0.15, 0.2) is 0 Å². The number of methoxy groups -OCH3 is 1. The number of hydrogen-bond acceptors (Lipinski definition) is 6. The molecule has 1 aromatic heterocycles. The number of benzene rings is 1. The first kappa shape index (κ1) is 23.0. The van der Waals surface area contributed by atoms with Crippen molar-refractivity contribution in [3.05, 3.63) is 47.0 Å². The van der Waals surface area contributed by atoms with Crippen LogP contribution in [0.25, 0.3) is 0 Å². The first-order chi connectivity index (χ1) is 15.2. The van der Waals surface area contributed by atoms with Crippen LogP contribution in [0.4, 0.5) is 9.18 Å². The van der Waals surface area contributed by atoms with Crippen LogP contribution in [-0.4, -0.2) is 47.1 Å². The molecule has 172 valence electrons. The zero-order valence-electron chi connectivity index (χ0n) is 18.3. The van der Waals surface area contributed by atoms with E-state index in [4.69, 9.17) is 9.26 Å². The highest BCUT2D eigenvalue weighted by molar-refractivity contribution is 5.95. The molecule has 0 saturated carbocycles. The molecule has 0 aliphatic carbocycles. The number of hydrogen-bond donors (Lipinski definition) is 3. The van der Waals surface area contributed by atoms with Crippen molar-refractivity contribution < 1.29 is 28.0 Å². The number of carbonyl (C=O) groups is 3. The second-order valence-electron chi connectivity index (χ2n) is 7.73. The van der Waals surface area contributed by atoms with Gasteiger partial charge in [0.05, 0.1) is 19.2 Å². The number of nitrogens with zero attached hydrogens (tertiary/aromatic N) is 2. The summed E-state index contributed by atoms with van der Waals surface area (Å²) in [5.74, 6) is -1.62. The van der Waals surface area contributed by atoms with Crippen molar-refractivity contribution in [3.63, 3.8) is 0 Å². The molecule has 0 radical (unpaired) electrons. The first-order valence-electron chi connectivity index (χ1n) is 10.2. The van der Waals surface area contributed by atoms with Crippen LogP contribution in [0.2, 0.25) is 0 Å². The number of nitrogens with one attached hydrogen (secondary N) is 3. The average molecular weight is 447 g/mol. The molecule has 3 atom stereocenters. The van der Waals surface area contributed by atoms with Crippen LogP contribution in [0.3, 0.4) is 0 Å². The third-order valence-electron chi connectivity index (χ3n) is 5.46. The molecule has 1 aromatic carbocycles. The summed E-state index contributed by atoms with van der Waals surface area (Å²) in [6.07, 6.45) is 1.84. The average Bonchev–Trinajstić information content (AvgIpc) is 3.37. The summed E-state index contributed by atoms with van der Waals surface area (Å²) >= 11 is 0. The number of rotatable bonds is 5. The van der Waals surface area contributed by atoms with Gasteiger partial charge < -0.3 is 19.5 Å². The predicted molar refractivity (Wildman–Crippen MR) is 111 cm³/mol. The maximum atomic E-state index is 14.7. The van der Waals surface area contributed by atoms with Crippen LogP contribution < -0.4 is 20.9 Å². The molecule has 1 saturated heterocycles. The van der Waals surface area contributed by atoms with Gasteiger partial charge in [0.1, 0.15) is 5.82 Å². The minimum Gasteiger partial charge on any atom is -0.479 e. The van der Waals surface area contributed by atoms with Crippen molar-refractivity contribution in [1.82, 2.24) is 26.2 Å². The number of ether oxygens (including phenoxy) is 1. The number of halogens is 1. The zero-order valence-corrected chi connectivity index (χ0v) is 18.3. The Hall–Kier alpha value is -3.63. The minimum absolute atomic E-state index is 0.109. The van der Waals surface area contributed by atoms with Crippen molar-refractivity contribution in [2.75, 3.05) is 7.11 Å². The van der Waals surface area contributed by atoms with E-state index in [1.807, 2.05) is 13.8 Å². The van der Waals surface area contributed by atoms with Gasteiger partial charge in [-0.15, -0.1) is 0 Å². The largest absolute Gasteiger partial charge is 0.479 e. The molecule has 3 N–H and O–H groups in total. The molecule has 0 unspecified atom stereocenters. The lowest BCUT2D eigenvalue weighted by molar-refractivity contribution is 0.0692. The lowest BCUT2D eigenvalue weighted by atomic mass is 10.0. The van der Waals surface area contributed by atoms with E-state index < -0.39 is 23.8 Å². The summed E-state index contributed by atoms with van der Waals surface area (Å²) in [4.78, 5) is 38.5. The molecule has 2 aromatic rings. The molecular weight excluding hydrogens is 421 g/mol. The van der Waals surface area contributed by atoms with Crippen LogP contribution in [0.5, 0.6) is 5.88 Å². The number of hydrazine groups is 1. The van der Waals surface area contributed by atoms with E-state index in [9.17, 15) is 18.8 Å². The summed E-state index contributed by atoms with van der Waals surface area (Å²) in [6, 6.07) is 4.17. The fourth-order valence-electron chi connectivity index (χ4n) is 3.70. The Kier molecular flexibility index (Phi) is 6.96. The molecule has 10 nitrogen and oxygen atoms in total.